The van der Waals surface area contributed by atoms with Crippen molar-refractivity contribution in [2.45, 2.75) is 46.6 Å². The molecule has 0 aliphatic rings. The van der Waals surface area contributed by atoms with Crippen LogP contribution in [0.1, 0.15) is 47.3 Å². The lowest BCUT2D eigenvalue weighted by molar-refractivity contribution is 0.528. The molecule has 1 N–H and O–H groups in total. The van der Waals surface area contributed by atoms with Gasteiger partial charge in [0.25, 0.3) is 0 Å². The molecule has 0 fully saturated rings. The van der Waals surface area contributed by atoms with E-state index in [-0.39, 0.29) is 0 Å². The van der Waals surface area contributed by atoms with Crippen molar-refractivity contribution < 1.29 is 0 Å². The molecule has 2 rings (SSSR count). The summed E-state index contributed by atoms with van der Waals surface area (Å²) in [5.41, 5.74) is 6.48. The third-order valence-electron chi connectivity index (χ3n) is 3.69. The summed E-state index contributed by atoms with van der Waals surface area (Å²) in [4.78, 5) is 4.31. The van der Waals surface area contributed by atoms with Crippen molar-refractivity contribution >= 4 is 0 Å². The maximum absolute atomic E-state index is 4.31. The van der Waals surface area contributed by atoms with Gasteiger partial charge >= 0.3 is 0 Å². The molecule has 1 aromatic heterocycles. The van der Waals surface area contributed by atoms with Gasteiger partial charge in [0.1, 0.15) is 0 Å². The van der Waals surface area contributed by atoms with Gasteiger partial charge in [0, 0.05) is 17.9 Å². The van der Waals surface area contributed by atoms with Crippen LogP contribution < -0.4 is 5.32 Å². The van der Waals surface area contributed by atoms with E-state index in [1.807, 2.05) is 6.20 Å². The van der Waals surface area contributed by atoms with Gasteiger partial charge in [-0.25, -0.2) is 0 Å². The van der Waals surface area contributed by atoms with Gasteiger partial charge in [0.05, 0.1) is 0 Å². The summed E-state index contributed by atoms with van der Waals surface area (Å²) in [5, 5.41) is 3.67. The number of rotatable bonds is 6. The molecule has 2 aromatic rings. The normalized spacial score (nSPS) is 12.4. The lowest BCUT2D eigenvalue weighted by atomic mass is 9.96. The molecule has 0 saturated carbocycles. The molecule has 0 spiro atoms. The molecule has 0 bridgehead atoms. The molecule has 0 radical (unpaired) electrons. The van der Waals surface area contributed by atoms with E-state index in [9.17, 15) is 0 Å². The Hall–Kier alpha value is -1.67. The smallest absolute Gasteiger partial charge is 0.0375 e. The minimum absolute atomic E-state index is 0.354. The van der Waals surface area contributed by atoms with Crippen LogP contribution in [-0.2, 0) is 6.42 Å². The minimum Gasteiger partial charge on any atom is -0.310 e. The highest BCUT2D eigenvalue weighted by atomic mass is 14.9. The molecule has 0 amide bonds. The van der Waals surface area contributed by atoms with Crippen LogP contribution in [-0.4, -0.2) is 11.5 Å². The summed E-state index contributed by atoms with van der Waals surface area (Å²) in [6, 6.07) is 11.5. The van der Waals surface area contributed by atoms with Crippen LogP contribution in [0.5, 0.6) is 0 Å². The van der Waals surface area contributed by atoms with Crippen molar-refractivity contribution in [3.05, 3.63) is 64.5 Å². The van der Waals surface area contributed by atoms with Gasteiger partial charge in [0.2, 0.25) is 0 Å². The van der Waals surface area contributed by atoms with E-state index in [1.54, 1.807) is 0 Å². The van der Waals surface area contributed by atoms with Gasteiger partial charge in [-0.05, 0) is 63.4 Å². The third kappa shape index (κ3) is 4.68. The van der Waals surface area contributed by atoms with E-state index in [0.29, 0.717) is 6.04 Å². The molecule has 0 aliphatic carbocycles. The molecular formula is C19H26N2. The largest absolute Gasteiger partial charge is 0.310 e. The first-order chi connectivity index (χ1) is 10.1. The second kappa shape index (κ2) is 7.37. The Labute approximate surface area is 128 Å². The summed E-state index contributed by atoms with van der Waals surface area (Å²) in [6.45, 7) is 9.63. The number of aromatic nitrogens is 1. The Morgan fingerprint density at radius 2 is 1.76 bits per heavy atom. The molecular weight excluding hydrogens is 256 g/mol. The van der Waals surface area contributed by atoms with Crippen LogP contribution in [0, 0.1) is 20.8 Å². The number of aryl methyl sites for hydroxylation is 3. The van der Waals surface area contributed by atoms with Crippen LogP contribution in [0.15, 0.2) is 36.5 Å². The highest BCUT2D eigenvalue weighted by molar-refractivity contribution is 5.31. The molecule has 0 saturated heterocycles. The highest BCUT2D eigenvalue weighted by Crippen LogP contribution is 2.20. The average molecular weight is 282 g/mol. The van der Waals surface area contributed by atoms with E-state index >= 15 is 0 Å². The van der Waals surface area contributed by atoms with Gasteiger partial charge < -0.3 is 5.32 Å². The second-order valence-corrected chi connectivity index (χ2v) is 5.94. The molecule has 1 aromatic carbocycles. The Kier molecular flexibility index (Phi) is 5.51. The van der Waals surface area contributed by atoms with Crippen LogP contribution in [0.3, 0.4) is 0 Å². The molecule has 2 nitrogen and oxygen atoms in total. The van der Waals surface area contributed by atoms with E-state index < -0.39 is 0 Å². The average Bonchev–Trinajstić information content (AvgIpc) is 2.42. The Balaban J connectivity index is 2.23. The van der Waals surface area contributed by atoms with Gasteiger partial charge in [-0.3, -0.25) is 4.98 Å². The topological polar surface area (TPSA) is 24.9 Å². The maximum atomic E-state index is 4.31. The van der Waals surface area contributed by atoms with E-state index in [1.165, 1.54) is 22.3 Å². The monoisotopic (exact) mass is 282 g/mol. The Bertz CT molecular complexity index is 570. The van der Waals surface area contributed by atoms with E-state index in [2.05, 4.69) is 68.3 Å². The molecule has 21 heavy (non-hydrogen) atoms. The van der Waals surface area contributed by atoms with E-state index in [0.717, 1.165) is 25.1 Å². The fourth-order valence-electron chi connectivity index (χ4n) is 2.83. The zero-order chi connectivity index (χ0) is 15.2. The number of nitrogens with zero attached hydrogens (tertiary/aromatic N) is 1. The lowest BCUT2D eigenvalue weighted by Crippen LogP contribution is -2.24. The van der Waals surface area contributed by atoms with Gasteiger partial charge in [-0.15, -0.1) is 0 Å². The summed E-state index contributed by atoms with van der Waals surface area (Å²) in [6.07, 6.45) is 4.08. The Morgan fingerprint density at radius 3 is 2.38 bits per heavy atom. The first-order valence-corrected chi connectivity index (χ1v) is 7.81. The second-order valence-electron chi connectivity index (χ2n) is 5.94. The number of hydrogen-bond acceptors (Lipinski definition) is 2. The molecule has 1 atom stereocenters. The predicted molar refractivity (Wildman–Crippen MR) is 89.6 cm³/mol. The SMILES string of the molecule is CCCNC(Cc1cc(C)cc(C)c1)c1ccnc(C)c1. The fraction of sp³-hybridized carbons (Fsp3) is 0.421. The van der Waals surface area contributed by atoms with Crippen LogP contribution in [0.4, 0.5) is 0 Å². The molecule has 112 valence electrons. The standard InChI is InChI=1S/C19H26N2/c1-5-7-21-19(18-6-8-20-16(4)12-18)13-17-10-14(2)9-15(3)11-17/h6,8-12,19,21H,5,7,13H2,1-4H3. The van der Waals surface area contributed by atoms with Crippen molar-refractivity contribution in [1.29, 1.82) is 0 Å². The number of nitrogens with one attached hydrogen (secondary N) is 1. The van der Waals surface area contributed by atoms with Gasteiger partial charge in [0.15, 0.2) is 0 Å². The van der Waals surface area contributed by atoms with Crippen LogP contribution in [0.2, 0.25) is 0 Å². The van der Waals surface area contributed by atoms with Crippen molar-refractivity contribution in [3.8, 4) is 0 Å². The fourth-order valence-corrected chi connectivity index (χ4v) is 2.83. The van der Waals surface area contributed by atoms with Gasteiger partial charge in [-0.2, -0.15) is 0 Å². The van der Waals surface area contributed by atoms with Crippen molar-refractivity contribution in [1.82, 2.24) is 10.3 Å². The third-order valence-corrected chi connectivity index (χ3v) is 3.69. The number of hydrogen-bond donors (Lipinski definition) is 1. The Morgan fingerprint density at radius 1 is 1.05 bits per heavy atom. The lowest BCUT2D eigenvalue weighted by Gasteiger charge is -2.20. The zero-order valence-electron chi connectivity index (χ0n) is 13.6. The zero-order valence-corrected chi connectivity index (χ0v) is 13.6. The van der Waals surface area contributed by atoms with Crippen LogP contribution >= 0.6 is 0 Å². The minimum atomic E-state index is 0.354. The van der Waals surface area contributed by atoms with Crippen molar-refractivity contribution in [2.75, 3.05) is 6.54 Å². The summed E-state index contributed by atoms with van der Waals surface area (Å²) >= 11 is 0. The number of benzene rings is 1. The molecule has 1 unspecified atom stereocenters. The summed E-state index contributed by atoms with van der Waals surface area (Å²) in [5.74, 6) is 0. The van der Waals surface area contributed by atoms with Crippen molar-refractivity contribution in [3.63, 3.8) is 0 Å². The maximum Gasteiger partial charge on any atom is 0.0375 e. The molecule has 2 heteroatoms. The quantitative estimate of drug-likeness (QED) is 0.855. The van der Waals surface area contributed by atoms with Gasteiger partial charge in [-0.1, -0.05) is 36.2 Å². The molecule has 0 aliphatic heterocycles. The summed E-state index contributed by atoms with van der Waals surface area (Å²) in [7, 11) is 0. The molecule has 1 heterocycles. The first-order valence-electron chi connectivity index (χ1n) is 7.81. The first kappa shape index (κ1) is 15.7. The van der Waals surface area contributed by atoms with E-state index in [4.69, 9.17) is 0 Å². The van der Waals surface area contributed by atoms with Crippen LogP contribution in [0.25, 0.3) is 0 Å². The highest BCUT2D eigenvalue weighted by Gasteiger charge is 2.12. The number of pyridine rings is 1. The summed E-state index contributed by atoms with van der Waals surface area (Å²) < 4.78 is 0. The predicted octanol–water partition coefficient (Wildman–Crippen LogP) is 4.29. The van der Waals surface area contributed by atoms with Crippen molar-refractivity contribution in [2.24, 2.45) is 0 Å².